The highest BCUT2D eigenvalue weighted by Crippen LogP contribution is 1.98. The van der Waals surface area contributed by atoms with Gasteiger partial charge in [0.25, 0.3) is 5.78 Å². The lowest BCUT2D eigenvalue weighted by molar-refractivity contribution is 0.942. The fourth-order valence-corrected chi connectivity index (χ4v) is 0.734. The molecule has 0 unspecified atom stereocenters. The molecular formula is C5H7Cl2N5. The fraction of sp³-hybridized carbons (Fsp3) is 0. The molecule has 0 aliphatic heterocycles. The molecule has 2 heterocycles. The van der Waals surface area contributed by atoms with Crippen molar-refractivity contribution in [2.45, 2.75) is 0 Å². The van der Waals surface area contributed by atoms with E-state index in [9.17, 15) is 0 Å². The SMILES string of the molecule is Cl.Cl.Nc1cnc2ncnn2c1. The van der Waals surface area contributed by atoms with E-state index in [1.165, 1.54) is 10.8 Å². The Balaban J connectivity index is 0.000000605. The Morgan fingerprint density at radius 3 is 2.75 bits per heavy atom. The van der Waals surface area contributed by atoms with Gasteiger partial charge in [-0.15, -0.1) is 24.8 Å². The van der Waals surface area contributed by atoms with Crippen molar-refractivity contribution in [1.29, 1.82) is 0 Å². The van der Waals surface area contributed by atoms with Crippen molar-refractivity contribution in [1.82, 2.24) is 19.6 Å². The maximum atomic E-state index is 5.43. The van der Waals surface area contributed by atoms with Crippen molar-refractivity contribution in [2.24, 2.45) is 0 Å². The van der Waals surface area contributed by atoms with Gasteiger partial charge in [0.05, 0.1) is 18.1 Å². The molecular weight excluding hydrogens is 201 g/mol. The van der Waals surface area contributed by atoms with E-state index in [2.05, 4.69) is 15.1 Å². The van der Waals surface area contributed by atoms with E-state index in [4.69, 9.17) is 5.73 Å². The zero-order chi connectivity index (χ0) is 6.97. The Hall–Kier alpha value is -1.07. The first kappa shape index (κ1) is 10.9. The molecule has 0 aliphatic rings. The predicted octanol–water partition coefficient (Wildman–Crippen LogP) is 0.550. The quantitative estimate of drug-likeness (QED) is 0.686. The van der Waals surface area contributed by atoms with Crippen molar-refractivity contribution in [2.75, 3.05) is 5.73 Å². The topological polar surface area (TPSA) is 69.1 Å². The van der Waals surface area contributed by atoms with Crippen LogP contribution in [-0.2, 0) is 0 Å². The number of rotatable bonds is 0. The molecule has 12 heavy (non-hydrogen) atoms. The number of nitrogens with zero attached hydrogens (tertiary/aromatic N) is 4. The monoisotopic (exact) mass is 207 g/mol. The number of fused-ring (bicyclic) bond motifs is 1. The second-order valence-corrected chi connectivity index (χ2v) is 1.89. The Kier molecular flexibility index (Phi) is 3.72. The summed E-state index contributed by atoms with van der Waals surface area (Å²) in [5.41, 5.74) is 6.01. The molecule has 0 amide bonds. The molecule has 0 saturated carbocycles. The highest BCUT2D eigenvalue weighted by molar-refractivity contribution is 5.85. The molecule has 0 spiro atoms. The smallest absolute Gasteiger partial charge is 0.252 e. The molecule has 0 aliphatic carbocycles. The van der Waals surface area contributed by atoms with Crippen LogP contribution >= 0.6 is 24.8 Å². The zero-order valence-electron chi connectivity index (χ0n) is 5.91. The Labute approximate surface area is 80.8 Å². The summed E-state index contributed by atoms with van der Waals surface area (Å²) in [6.07, 6.45) is 4.64. The third kappa shape index (κ3) is 1.75. The summed E-state index contributed by atoms with van der Waals surface area (Å²) in [5, 5.41) is 3.84. The van der Waals surface area contributed by atoms with Gasteiger partial charge in [-0.2, -0.15) is 10.1 Å². The fourth-order valence-electron chi connectivity index (χ4n) is 0.734. The van der Waals surface area contributed by atoms with Gasteiger partial charge in [-0.05, 0) is 0 Å². The van der Waals surface area contributed by atoms with Gasteiger partial charge in [0, 0.05) is 0 Å². The largest absolute Gasteiger partial charge is 0.396 e. The Morgan fingerprint density at radius 2 is 2.00 bits per heavy atom. The highest BCUT2D eigenvalue weighted by Gasteiger charge is 1.93. The number of aromatic nitrogens is 4. The van der Waals surface area contributed by atoms with E-state index < -0.39 is 0 Å². The molecule has 0 saturated heterocycles. The number of hydrogen-bond donors (Lipinski definition) is 1. The van der Waals surface area contributed by atoms with Gasteiger partial charge in [0.1, 0.15) is 6.33 Å². The number of hydrogen-bond acceptors (Lipinski definition) is 4. The average Bonchev–Trinajstić information content (AvgIpc) is 2.33. The molecule has 2 aromatic heterocycles. The van der Waals surface area contributed by atoms with E-state index in [1.54, 1.807) is 12.4 Å². The third-order valence-electron chi connectivity index (χ3n) is 1.15. The molecule has 0 aromatic carbocycles. The lowest BCUT2D eigenvalue weighted by atomic mass is 10.6. The zero-order valence-corrected chi connectivity index (χ0v) is 7.55. The summed E-state index contributed by atoms with van der Waals surface area (Å²) in [5.74, 6) is 0.564. The van der Waals surface area contributed by atoms with Crippen molar-refractivity contribution >= 4 is 36.3 Å². The first-order chi connectivity index (χ1) is 4.86. The minimum absolute atomic E-state index is 0. The van der Waals surface area contributed by atoms with Gasteiger partial charge in [-0.1, -0.05) is 0 Å². The molecule has 2 N–H and O–H groups in total. The van der Waals surface area contributed by atoms with Crippen LogP contribution in [0.15, 0.2) is 18.7 Å². The lowest BCUT2D eigenvalue weighted by Gasteiger charge is -1.90. The standard InChI is InChI=1S/C5H5N5.2ClH/c6-4-1-7-5-8-3-9-10(5)2-4;;/h1-3H,6H2;2*1H. The van der Waals surface area contributed by atoms with Gasteiger partial charge in [-0.3, -0.25) is 0 Å². The van der Waals surface area contributed by atoms with Crippen LogP contribution in [0.4, 0.5) is 5.69 Å². The van der Waals surface area contributed by atoms with Crippen molar-refractivity contribution < 1.29 is 0 Å². The molecule has 2 aromatic rings. The molecule has 0 radical (unpaired) electrons. The van der Waals surface area contributed by atoms with Gasteiger partial charge in [-0.25, -0.2) is 9.50 Å². The summed E-state index contributed by atoms with van der Waals surface area (Å²) in [4.78, 5) is 7.75. The van der Waals surface area contributed by atoms with E-state index in [1.807, 2.05) is 0 Å². The summed E-state index contributed by atoms with van der Waals surface area (Å²) in [6, 6.07) is 0. The maximum Gasteiger partial charge on any atom is 0.252 e. The molecule has 0 fully saturated rings. The van der Waals surface area contributed by atoms with Gasteiger partial charge in [0.2, 0.25) is 0 Å². The van der Waals surface area contributed by atoms with E-state index in [0.29, 0.717) is 11.5 Å². The van der Waals surface area contributed by atoms with Crippen LogP contribution in [0.5, 0.6) is 0 Å². The van der Waals surface area contributed by atoms with E-state index in [0.717, 1.165) is 0 Å². The van der Waals surface area contributed by atoms with E-state index in [-0.39, 0.29) is 24.8 Å². The summed E-state index contributed by atoms with van der Waals surface area (Å²) in [7, 11) is 0. The molecule has 2 rings (SSSR count). The summed E-state index contributed by atoms with van der Waals surface area (Å²) < 4.78 is 1.52. The van der Waals surface area contributed by atoms with Gasteiger partial charge < -0.3 is 5.73 Å². The molecule has 66 valence electrons. The number of halogens is 2. The summed E-state index contributed by atoms with van der Waals surface area (Å²) >= 11 is 0. The second kappa shape index (κ2) is 4.08. The minimum atomic E-state index is 0. The third-order valence-corrected chi connectivity index (χ3v) is 1.15. The van der Waals surface area contributed by atoms with Crippen LogP contribution in [0, 0.1) is 0 Å². The van der Waals surface area contributed by atoms with Crippen molar-refractivity contribution in [3.8, 4) is 0 Å². The highest BCUT2D eigenvalue weighted by atomic mass is 35.5. The lowest BCUT2D eigenvalue weighted by Crippen LogP contribution is -1.93. The van der Waals surface area contributed by atoms with Crippen LogP contribution in [0.25, 0.3) is 5.78 Å². The normalized spacial score (nSPS) is 8.67. The average molecular weight is 208 g/mol. The van der Waals surface area contributed by atoms with Crippen molar-refractivity contribution in [3.63, 3.8) is 0 Å². The van der Waals surface area contributed by atoms with Gasteiger partial charge >= 0.3 is 0 Å². The molecule has 7 heteroatoms. The van der Waals surface area contributed by atoms with Gasteiger partial charge in [0.15, 0.2) is 0 Å². The Bertz CT molecular complexity index is 359. The molecule has 5 nitrogen and oxygen atoms in total. The van der Waals surface area contributed by atoms with Crippen LogP contribution in [0.2, 0.25) is 0 Å². The van der Waals surface area contributed by atoms with Crippen molar-refractivity contribution in [3.05, 3.63) is 18.7 Å². The van der Waals surface area contributed by atoms with Crippen LogP contribution < -0.4 is 5.73 Å². The van der Waals surface area contributed by atoms with Crippen LogP contribution in [0.1, 0.15) is 0 Å². The minimum Gasteiger partial charge on any atom is -0.396 e. The predicted molar refractivity (Wildman–Crippen MR) is 49.7 cm³/mol. The molecule has 0 bridgehead atoms. The molecule has 0 atom stereocenters. The number of nitrogens with two attached hydrogens (primary N) is 1. The van der Waals surface area contributed by atoms with Crippen LogP contribution in [0.3, 0.4) is 0 Å². The summed E-state index contributed by atoms with van der Waals surface area (Å²) in [6.45, 7) is 0. The first-order valence-electron chi connectivity index (χ1n) is 2.77. The number of nitrogen functional groups attached to an aromatic ring is 1. The maximum absolute atomic E-state index is 5.43. The first-order valence-corrected chi connectivity index (χ1v) is 2.77. The van der Waals surface area contributed by atoms with Crippen LogP contribution in [-0.4, -0.2) is 19.6 Å². The number of anilines is 1. The van der Waals surface area contributed by atoms with E-state index >= 15 is 0 Å². The second-order valence-electron chi connectivity index (χ2n) is 1.89. The Morgan fingerprint density at radius 1 is 1.25 bits per heavy atom.